The fourth-order valence-corrected chi connectivity index (χ4v) is 4.97. The van der Waals surface area contributed by atoms with Gasteiger partial charge in [0.1, 0.15) is 26.2 Å². The minimum Gasteiger partial charge on any atom is -0.456 e. The number of hydrogen-bond donors (Lipinski definition) is 2. The number of aliphatic hydroxyl groups is 1. The average Bonchev–Trinajstić information content (AvgIpc) is 3.22. The van der Waals surface area contributed by atoms with Crippen LogP contribution in [0.15, 0.2) is 0 Å². The molecular formula is C32H60BNO7Y. The van der Waals surface area contributed by atoms with Gasteiger partial charge in [0, 0.05) is 58.3 Å². The summed E-state index contributed by atoms with van der Waals surface area (Å²) in [6.07, 6.45) is 18.6. The fourth-order valence-electron chi connectivity index (χ4n) is 4.97. The Morgan fingerprint density at radius 1 is 0.857 bits per heavy atom. The first kappa shape index (κ1) is 41.9. The van der Waals surface area contributed by atoms with Crippen molar-refractivity contribution in [3.63, 3.8) is 0 Å². The van der Waals surface area contributed by atoms with Gasteiger partial charge in [0.25, 0.3) is 5.91 Å². The summed E-state index contributed by atoms with van der Waals surface area (Å²) in [5.74, 6) is -0.549. The van der Waals surface area contributed by atoms with Crippen molar-refractivity contribution in [2.24, 2.45) is 0 Å². The Bertz CT molecular complexity index is 658. The summed E-state index contributed by atoms with van der Waals surface area (Å²) in [5.41, 5.74) is 0. The molecule has 241 valence electrons. The van der Waals surface area contributed by atoms with Gasteiger partial charge in [-0.2, -0.15) is 0 Å². The van der Waals surface area contributed by atoms with E-state index in [-0.39, 0.29) is 63.9 Å². The monoisotopic (exact) mass is 670 g/mol. The van der Waals surface area contributed by atoms with E-state index in [9.17, 15) is 14.7 Å². The van der Waals surface area contributed by atoms with E-state index in [0.717, 1.165) is 44.9 Å². The van der Waals surface area contributed by atoms with Crippen LogP contribution in [0.1, 0.15) is 136 Å². The number of hydrogen-bond acceptors (Lipinski definition) is 7. The first-order valence-electron chi connectivity index (χ1n) is 16.6. The molecule has 0 aliphatic carbocycles. The van der Waals surface area contributed by atoms with Crippen molar-refractivity contribution in [2.75, 3.05) is 26.4 Å². The molecule has 1 aliphatic rings. The van der Waals surface area contributed by atoms with Crippen molar-refractivity contribution >= 4 is 19.7 Å². The van der Waals surface area contributed by atoms with Gasteiger partial charge in [-0.1, -0.05) is 96.8 Å². The molecule has 0 bridgehead atoms. The van der Waals surface area contributed by atoms with Gasteiger partial charge in [-0.25, -0.2) is 0 Å². The molecule has 8 nitrogen and oxygen atoms in total. The topological polar surface area (TPSA) is 103 Å². The molecule has 4 atom stereocenters. The van der Waals surface area contributed by atoms with Crippen LogP contribution < -0.4 is 5.32 Å². The van der Waals surface area contributed by atoms with E-state index in [1.807, 2.05) is 13.8 Å². The zero-order valence-electron chi connectivity index (χ0n) is 27.0. The van der Waals surface area contributed by atoms with E-state index in [1.54, 1.807) is 0 Å². The Morgan fingerprint density at radius 2 is 1.40 bits per heavy atom. The standard InChI is InChI=1S/C32H60BNO7.Y/c1-4-5-6-7-8-9-10-11-12-13-14-15-18-21-29(36)40-25-28(35)34-22-19-16-17-20-23-38-31-30(37)27(41-32(31)33)24-39-26(2)3;/h26-27,30-32,37H,4-25H2,1-3H3,(H,34,35);. The van der Waals surface area contributed by atoms with Crippen LogP contribution in [0, 0.1) is 0 Å². The maximum Gasteiger partial charge on any atom is 0.306 e. The molecule has 3 radical (unpaired) electrons. The number of carbonyl (C=O) groups is 2. The van der Waals surface area contributed by atoms with Crippen LogP contribution in [0.3, 0.4) is 0 Å². The zero-order valence-corrected chi connectivity index (χ0v) is 29.8. The van der Waals surface area contributed by atoms with Crippen molar-refractivity contribution in [1.82, 2.24) is 5.32 Å². The summed E-state index contributed by atoms with van der Waals surface area (Å²) >= 11 is 0. The van der Waals surface area contributed by atoms with Crippen LogP contribution in [-0.2, 0) is 61.2 Å². The summed E-state index contributed by atoms with van der Waals surface area (Å²) in [7, 11) is 5.95. The Labute approximate surface area is 283 Å². The number of amides is 1. The molecule has 1 aliphatic heterocycles. The van der Waals surface area contributed by atoms with E-state index >= 15 is 0 Å². The summed E-state index contributed by atoms with van der Waals surface area (Å²) in [6, 6.07) is -0.663. The predicted molar refractivity (Wildman–Crippen MR) is 164 cm³/mol. The maximum atomic E-state index is 11.9. The van der Waals surface area contributed by atoms with Gasteiger partial charge < -0.3 is 29.4 Å². The Hall–Kier alpha value is -0.0512. The van der Waals surface area contributed by atoms with Crippen molar-refractivity contribution in [3.05, 3.63) is 0 Å². The van der Waals surface area contributed by atoms with Crippen LogP contribution in [0.4, 0.5) is 0 Å². The molecule has 0 aromatic carbocycles. The Kier molecular flexibility index (Phi) is 28.4. The van der Waals surface area contributed by atoms with Crippen LogP contribution in [0.5, 0.6) is 0 Å². The quantitative estimate of drug-likeness (QED) is 0.0652. The van der Waals surface area contributed by atoms with Gasteiger partial charge in [-0.05, 0) is 33.1 Å². The first-order valence-corrected chi connectivity index (χ1v) is 16.6. The van der Waals surface area contributed by atoms with Crippen LogP contribution in [-0.4, -0.2) is 81.6 Å². The SMILES string of the molecule is [B]C1OC(COC(C)C)C(O)C1OCCCCCCNC(=O)COC(=O)CCCCCCCCCCCCCCC.[Y]. The second kappa shape index (κ2) is 28.4. The van der Waals surface area contributed by atoms with Crippen molar-refractivity contribution in [1.29, 1.82) is 0 Å². The second-order valence-corrected chi connectivity index (χ2v) is 11.8. The molecule has 1 rings (SSSR count). The van der Waals surface area contributed by atoms with Crippen molar-refractivity contribution in [2.45, 2.75) is 167 Å². The average molecular weight is 671 g/mol. The maximum absolute atomic E-state index is 11.9. The van der Waals surface area contributed by atoms with Crippen LogP contribution in [0.2, 0.25) is 0 Å². The van der Waals surface area contributed by atoms with Gasteiger partial charge in [0.05, 0.1) is 12.7 Å². The summed E-state index contributed by atoms with van der Waals surface area (Å²) in [6.45, 7) is 7.23. The molecule has 4 unspecified atom stereocenters. The van der Waals surface area contributed by atoms with Crippen LogP contribution >= 0.6 is 0 Å². The van der Waals surface area contributed by atoms with E-state index in [4.69, 9.17) is 26.8 Å². The molecule has 0 saturated carbocycles. The molecule has 2 N–H and O–H groups in total. The molecule has 1 heterocycles. The molecule has 0 aromatic rings. The van der Waals surface area contributed by atoms with Crippen molar-refractivity contribution in [3.8, 4) is 0 Å². The third kappa shape index (κ3) is 22.5. The van der Waals surface area contributed by atoms with Gasteiger partial charge >= 0.3 is 5.97 Å². The number of ether oxygens (including phenoxy) is 4. The summed E-state index contributed by atoms with van der Waals surface area (Å²) in [4.78, 5) is 23.8. The smallest absolute Gasteiger partial charge is 0.306 e. The third-order valence-corrected chi connectivity index (χ3v) is 7.52. The molecule has 1 amide bonds. The molecule has 1 fully saturated rings. The summed E-state index contributed by atoms with van der Waals surface area (Å²) < 4.78 is 22.0. The number of nitrogens with one attached hydrogen (secondary N) is 1. The Balaban J connectivity index is 0.0000168. The van der Waals surface area contributed by atoms with E-state index < -0.39 is 24.3 Å². The summed E-state index contributed by atoms with van der Waals surface area (Å²) in [5, 5.41) is 13.2. The van der Waals surface area contributed by atoms with Gasteiger partial charge in [0.2, 0.25) is 0 Å². The number of unbranched alkanes of at least 4 members (excludes halogenated alkanes) is 15. The van der Waals surface area contributed by atoms with Crippen LogP contribution in [0.25, 0.3) is 0 Å². The molecule has 0 spiro atoms. The van der Waals surface area contributed by atoms with Gasteiger partial charge in [-0.3, -0.25) is 9.59 Å². The van der Waals surface area contributed by atoms with Gasteiger partial charge in [-0.15, -0.1) is 0 Å². The molecule has 10 heteroatoms. The number of rotatable bonds is 27. The zero-order chi connectivity index (χ0) is 30.1. The van der Waals surface area contributed by atoms with E-state index in [0.29, 0.717) is 19.6 Å². The fraction of sp³-hybridized carbons (Fsp3) is 0.938. The van der Waals surface area contributed by atoms with E-state index in [2.05, 4.69) is 12.2 Å². The largest absolute Gasteiger partial charge is 0.456 e. The molecule has 1 saturated heterocycles. The first-order chi connectivity index (χ1) is 19.8. The number of aliphatic hydroxyl groups excluding tert-OH is 1. The number of carbonyl (C=O) groups excluding carboxylic acids is 2. The normalized spacial score (nSPS) is 20.0. The molecular weight excluding hydrogens is 610 g/mol. The minimum atomic E-state index is -0.803. The number of esters is 1. The predicted octanol–water partition coefficient (Wildman–Crippen LogP) is 5.75. The van der Waals surface area contributed by atoms with E-state index in [1.165, 1.54) is 64.2 Å². The minimum absolute atomic E-state index is 0. The van der Waals surface area contributed by atoms with Crippen molar-refractivity contribution < 1.29 is 66.4 Å². The second-order valence-electron chi connectivity index (χ2n) is 11.8. The third-order valence-electron chi connectivity index (χ3n) is 7.52. The Morgan fingerprint density at radius 3 is 2.00 bits per heavy atom. The van der Waals surface area contributed by atoms with Gasteiger partial charge in [0.15, 0.2) is 6.61 Å². The molecule has 42 heavy (non-hydrogen) atoms. The molecule has 0 aromatic heterocycles.